The summed E-state index contributed by atoms with van der Waals surface area (Å²) >= 11 is 0. The number of carboxylic acid groups (broad SMARTS) is 1. The van der Waals surface area contributed by atoms with Crippen LogP contribution in [-0.4, -0.2) is 42.7 Å². The summed E-state index contributed by atoms with van der Waals surface area (Å²) in [7, 11) is 0. The zero-order chi connectivity index (χ0) is 13.1. The first-order valence-corrected chi connectivity index (χ1v) is 6.02. The van der Waals surface area contributed by atoms with Crippen molar-refractivity contribution in [2.75, 3.05) is 0 Å². The van der Waals surface area contributed by atoms with Gasteiger partial charge in [0.2, 0.25) is 5.91 Å². The first-order valence-electron chi connectivity index (χ1n) is 6.02. The number of nitrogens with zero attached hydrogens (tertiary/aromatic N) is 4. The first kappa shape index (κ1) is 12.5. The fourth-order valence-corrected chi connectivity index (χ4v) is 2.15. The highest BCUT2D eigenvalue weighted by atomic mass is 16.4. The minimum Gasteiger partial charge on any atom is -0.480 e. The number of carbonyl (C=O) groups excluding carboxylic acids is 1. The molecule has 1 aliphatic rings. The van der Waals surface area contributed by atoms with E-state index < -0.39 is 12.0 Å². The van der Waals surface area contributed by atoms with Gasteiger partial charge in [-0.25, -0.2) is 14.5 Å². The van der Waals surface area contributed by atoms with Crippen LogP contribution in [0.2, 0.25) is 0 Å². The van der Waals surface area contributed by atoms with Crippen LogP contribution < -0.4 is 0 Å². The van der Waals surface area contributed by atoms with Crippen LogP contribution >= 0.6 is 0 Å². The van der Waals surface area contributed by atoms with Crippen LogP contribution in [0.25, 0.3) is 0 Å². The van der Waals surface area contributed by atoms with E-state index in [2.05, 4.69) is 10.1 Å². The third-order valence-corrected chi connectivity index (χ3v) is 3.06. The van der Waals surface area contributed by atoms with Gasteiger partial charge in [0.15, 0.2) is 0 Å². The van der Waals surface area contributed by atoms with Crippen LogP contribution in [0.15, 0.2) is 6.33 Å². The fourth-order valence-electron chi connectivity index (χ4n) is 2.15. The molecular formula is C11H16N4O3. The summed E-state index contributed by atoms with van der Waals surface area (Å²) in [6.45, 7) is 2.96. The molecule has 1 aromatic heterocycles. The predicted octanol–water partition coefficient (Wildman–Crippen LogP) is 0.264. The van der Waals surface area contributed by atoms with Crippen LogP contribution in [-0.2, 0) is 22.7 Å². The number of aryl methyl sites for hydroxylation is 1. The predicted molar refractivity (Wildman–Crippen MR) is 61.5 cm³/mol. The second-order valence-corrected chi connectivity index (χ2v) is 4.31. The SMILES string of the molecule is CCCn1ncnc1CN1C(=O)CCC1C(=O)O. The molecule has 1 fully saturated rings. The molecule has 1 saturated heterocycles. The Morgan fingerprint density at radius 3 is 3.06 bits per heavy atom. The molecule has 0 aliphatic carbocycles. The van der Waals surface area contributed by atoms with E-state index in [9.17, 15) is 9.59 Å². The van der Waals surface area contributed by atoms with E-state index in [1.807, 2.05) is 6.92 Å². The molecule has 0 saturated carbocycles. The van der Waals surface area contributed by atoms with Gasteiger partial charge < -0.3 is 10.0 Å². The van der Waals surface area contributed by atoms with Gasteiger partial charge >= 0.3 is 5.97 Å². The standard InChI is InChI=1S/C11H16N4O3/c1-2-5-15-9(12-7-13-15)6-14-8(11(17)18)3-4-10(14)16/h7-8H,2-6H2,1H3,(H,17,18). The Morgan fingerprint density at radius 2 is 2.39 bits per heavy atom. The van der Waals surface area contributed by atoms with E-state index in [-0.39, 0.29) is 12.5 Å². The molecule has 98 valence electrons. The van der Waals surface area contributed by atoms with E-state index in [1.54, 1.807) is 4.68 Å². The minimum absolute atomic E-state index is 0.131. The third kappa shape index (κ3) is 2.34. The van der Waals surface area contributed by atoms with Crippen molar-refractivity contribution in [3.05, 3.63) is 12.2 Å². The summed E-state index contributed by atoms with van der Waals surface area (Å²) in [5.41, 5.74) is 0. The smallest absolute Gasteiger partial charge is 0.326 e. The lowest BCUT2D eigenvalue weighted by molar-refractivity contribution is -0.146. The molecule has 18 heavy (non-hydrogen) atoms. The molecule has 0 bridgehead atoms. The van der Waals surface area contributed by atoms with Crippen molar-refractivity contribution < 1.29 is 14.7 Å². The molecule has 0 spiro atoms. The van der Waals surface area contributed by atoms with E-state index in [0.717, 1.165) is 13.0 Å². The number of carboxylic acids is 1. The summed E-state index contributed by atoms with van der Waals surface area (Å²) < 4.78 is 1.71. The number of hydrogen-bond donors (Lipinski definition) is 1. The molecule has 0 aromatic carbocycles. The van der Waals surface area contributed by atoms with Gasteiger partial charge in [0.05, 0.1) is 6.54 Å². The molecular weight excluding hydrogens is 236 g/mol. The van der Waals surface area contributed by atoms with Gasteiger partial charge in [-0.2, -0.15) is 5.10 Å². The normalized spacial score (nSPS) is 19.5. The summed E-state index contributed by atoms with van der Waals surface area (Å²) in [5, 5.41) is 13.1. The van der Waals surface area contributed by atoms with E-state index in [1.165, 1.54) is 11.2 Å². The van der Waals surface area contributed by atoms with Crippen LogP contribution in [0.4, 0.5) is 0 Å². The zero-order valence-corrected chi connectivity index (χ0v) is 10.2. The summed E-state index contributed by atoms with van der Waals surface area (Å²) in [4.78, 5) is 28.2. The second-order valence-electron chi connectivity index (χ2n) is 4.31. The van der Waals surface area contributed by atoms with Crippen LogP contribution in [0.5, 0.6) is 0 Å². The van der Waals surface area contributed by atoms with Gasteiger partial charge in [-0.3, -0.25) is 4.79 Å². The fraction of sp³-hybridized carbons (Fsp3) is 0.636. The van der Waals surface area contributed by atoms with Gasteiger partial charge in [-0.1, -0.05) is 6.92 Å². The molecule has 7 nitrogen and oxygen atoms in total. The van der Waals surface area contributed by atoms with Crippen molar-refractivity contribution in [2.24, 2.45) is 0 Å². The van der Waals surface area contributed by atoms with Gasteiger partial charge in [0, 0.05) is 13.0 Å². The van der Waals surface area contributed by atoms with Crippen molar-refractivity contribution in [2.45, 2.75) is 45.3 Å². The minimum atomic E-state index is -0.956. The average Bonchev–Trinajstić information content (AvgIpc) is 2.89. The third-order valence-electron chi connectivity index (χ3n) is 3.06. The monoisotopic (exact) mass is 252 g/mol. The van der Waals surface area contributed by atoms with Crippen LogP contribution in [0, 0.1) is 0 Å². The van der Waals surface area contributed by atoms with Crippen LogP contribution in [0.1, 0.15) is 32.0 Å². The molecule has 2 rings (SSSR count). The molecule has 2 heterocycles. The zero-order valence-electron chi connectivity index (χ0n) is 10.2. The van der Waals surface area contributed by atoms with Gasteiger partial charge in [-0.15, -0.1) is 0 Å². The topological polar surface area (TPSA) is 88.3 Å². The quantitative estimate of drug-likeness (QED) is 0.812. The number of carbonyl (C=O) groups is 2. The van der Waals surface area contributed by atoms with Crippen molar-refractivity contribution in [1.82, 2.24) is 19.7 Å². The summed E-state index contributed by atoms with van der Waals surface area (Å²) in [5.74, 6) is -0.450. The van der Waals surface area contributed by atoms with Crippen molar-refractivity contribution in [3.63, 3.8) is 0 Å². The van der Waals surface area contributed by atoms with E-state index >= 15 is 0 Å². The number of aromatic nitrogens is 3. The maximum atomic E-state index is 11.7. The lowest BCUT2D eigenvalue weighted by Gasteiger charge is -2.21. The Morgan fingerprint density at radius 1 is 1.61 bits per heavy atom. The summed E-state index contributed by atoms with van der Waals surface area (Å²) in [6, 6.07) is -0.732. The molecule has 1 N–H and O–H groups in total. The highest BCUT2D eigenvalue weighted by Gasteiger charge is 2.36. The Hall–Kier alpha value is -1.92. The second kappa shape index (κ2) is 5.16. The van der Waals surface area contributed by atoms with Crippen LogP contribution in [0.3, 0.4) is 0 Å². The number of amides is 1. The largest absolute Gasteiger partial charge is 0.480 e. The number of rotatable bonds is 5. The lowest BCUT2D eigenvalue weighted by atomic mass is 10.2. The lowest BCUT2D eigenvalue weighted by Crippen LogP contribution is -2.38. The average molecular weight is 252 g/mol. The number of likely N-dealkylation sites (tertiary alicyclic amines) is 1. The number of aliphatic carboxylic acids is 1. The molecule has 1 aliphatic heterocycles. The van der Waals surface area contributed by atoms with Crippen molar-refractivity contribution >= 4 is 11.9 Å². The van der Waals surface area contributed by atoms with Gasteiger partial charge in [0.1, 0.15) is 18.2 Å². The van der Waals surface area contributed by atoms with E-state index in [4.69, 9.17) is 5.11 Å². The van der Waals surface area contributed by atoms with E-state index in [0.29, 0.717) is 18.7 Å². The van der Waals surface area contributed by atoms with Gasteiger partial charge in [-0.05, 0) is 12.8 Å². The highest BCUT2D eigenvalue weighted by Crippen LogP contribution is 2.21. The Bertz CT molecular complexity index is 457. The highest BCUT2D eigenvalue weighted by molar-refractivity contribution is 5.87. The molecule has 1 amide bonds. The Balaban J connectivity index is 2.13. The van der Waals surface area contributed by atoms with Crippen molar-refractivity contribution in [1.29, 1.82) is 0 Å². The Kier molecular flexibility index (Phi) is 3.59. The molecule has 0 radical (unpaired) electrons. The molecule has 7 heteroatoms. The maximum absolute atomic E-state index is 11.7. The molecule has 1 atom stereocenters. The number of hydrogen-bond acceptors (Lipinski definition) is 4. The maximum Gasteiger partial charge on any atom is 0.326 e. The first-order chi connectivity index (χ1) is 8.63. The summed E-state index contributed by atoms with van der Waals surface area (Å²) in [6.07, 6.45) is 3.00. The molecule has 1 unspecified atom stereocenters. The van der Waals surface area contributed by atoms with Crippen molar-refractivity contribution in [3.8, 4) is 0 Å². The Labute approximate surface area is 104 Å². The van der Waals surface area contributed by atoms with Gasteiger partial charge in [0.25, 0.3) is 0 Å². The molecule has 1 aromatic rings.